The van der Waals surface area contributed by atoms with Gasteiger partial charge in [-0.05, 0) is 73.2 Å². The molecule has 60 valence electrons. The maximum Gasteiger partial charge on any atom is 0.134 e. The minimum absolute atomic E-state index is 0.884. The standard InChI is InChI=1S/C7H5BrI2O/c1-11-5-3-2-4(9)7(10)6(5)8/h2-3H,1H3. The van der Waals surface area contributed by atoms with Gasteiger partial charge in [0.2, 0.25) is 0 Å². The van der Waals surface area contributed by atoms with Gasteiger partial charge in [-0.2, -0.15) is 0 Å². The summed E-state index contributed by atoms with van der Waals surface area (Å²) in [4.78, 5) is 0. The van der Waals surface area contributed by atoms with Crippen molar-refractivity contribution in [2.45, 2.75) is 0 Å². The molecular formula is C7H5BrI2O. The third-order valence-electron chi connectivity index (χ3n) is 1.22. The van der Waals surface area contributed by atoms with E-state index in [1.54, 1.807) is 7.11 Å². The van der Waals surface area contributed by atoms with Gasteiger partial charge >= 0.3 is 0 Å². The van der Waals surface area contributed by atoms with Crippen molar-refractivity contribution in [2.24, 2.45) is 0 Å². The Morgan fingerprint density at radius 1 is 1.36 bits per heavy atom. The molecule has 0 saturated heterocycles. The molecule has 0 N–H and O–H groups in total. The first-order chi connectivity index (χ1) is 5.16. The number of hydrogen-bond donors (Lipinski definition) is 0. The Morgan fingerprint density at radius 3 is 2.55 bits per heavy atom. The molecule has 1 aromatic rings. The van der Waals surface area contributed by atoms with Crippen LogP contribution in [0.4, 0.5) is 0 Å². The zero-order valence-electron chi connectivity index (χ0n) is 5.70. The summed E-state index contributed by atoms with van der Waals surface area (Å²) in [5, 5.41) is 0. The molecule has 0 unspecified atom stereocenters. The number of hydrogen-bond acceptors (Lipinski definition) is 1. The lowest BCUT2D eigenvalue weighted by Crippen LogP contribution is -1.88. The van der Waals surface area contributed by atoms with Crippen molar-refractivity contribution in [3.8, 4) is 5.75 Å². The first-order valence-corrected chi connectivity index (χ1v) is 5.79. The van der Waals surface area contributed by atoms with E-state index >= 15 is 0 Å². The maximum absolute atomic E-state index is 5.13. The highest BCUT2D eigenvalue weighted by molar-refractivity contribution is 14.1. The summed E-state index contributed by atoms with van der Waals surface area (Å²) in [6.45, 7) is 0. The summed E-state index contributed by atoms with van der Waals surface area (Å²) in [6, 6.07) is 3.99. The molecule has 11 heavy (non-hydrogen) atoms. The smallest absolute Gasteiger partial charge is 0.134 e. The van der Waals surface area contributed by atoms with Gasteiger partial charge in [-0.25, -0.2) is 0 Å². The molecule has 0 aromatic heterocycles. The molecule has 0 bridgehead atoms. The summed E-state index contributed by atoms with van der Waals surface area (Å²) < 4.78 is 8.59. The zero-order chi connectivity index (χ0) is 8.43. The fourth-order valence-corrected chi connectivity index (χ4v) is 2.44. The van der Waals surface area contributed by atoms with Crippen LogP contribution >= 0.6 is 61.1 Å². The number of halogens is 3. The second kappa shape index (κ2) is 4.27. The molecule has 4 heteroatoms. The second-order valence-electron chi connectivity index (χ2n) is 1.88. The molecule has 0 spiro atoms. The average Bonchev–Trinajstić information content (AvgIpc) is 2.01. The highest BCUT2D eigenvalue weighted by Gasteiger charge is 2.06. The topological polar surface area (TPSA) is 9.23 Å². The zero-order valence-corrected chi connectivity index (χ0v) is 11.6. The van der Waals surface area contributed by atoms with Gasteiger partial charge in [-0.1, -0.05) is 0 Å². The third-order valence-corrected chi connectivity index (χ3v) is 5.80. The maximum atomic E-state index is 5.13. The van der Waals surface area contributed by atoms with Crippen LogP contribution in [0, 0.1) is 7.14 Å². The Labute approximate surface area is 101 Å². The molecule has 0 aliphatic carbocycles. The Hall–Kier alpha value is 0.960. The van der Waals surface area contributed by atoms with E-state index in [0.717, 1.165) is 10.2 Å². The lowest BCUT2D eigenvalue weighted by atomic mass is 10.3. The molecule has 0 radical (unpaired) electrons. The van der Waals surface area contributed by atoms with Crippen LogP contribution in [0.15, 0.2) is 16.6 Å². The van der Waals surface area contributed by atoms with Gasteiger partial charge in [0.25, 0.3) is 0 Å². The van der Waals surface area contributed by atoms with E-state index in [0.29, 0.717) is 0 Å². The molecule has 0 aliphatic rings. The fraction of sp³-hybridized carbons (Fsp3) is 0.143. The van der Waals surface area contributed by atoms with Gasteiger partial charge in [0.15, 0.2) is 0 Å². The summed E-state index contributed by atoms with van der Waals surface area (Å²) in [7, 11) is 1.67. The van der Waals surface area contributed by atoms with E-state index in [2.05, 4.69) is 61.1 Å². The molecule has 1 nitrogen and oxygen atoms in total. The van der Waals surface area contributed by atoms with Gasteiger partial charge in [0, 0.05) is 7.14 Å². The Kier molecular flexibility index (Phi) is 3.90. The molecule has 0 fully saturated rings. The monoisotopic (exact) mass is 438 g/mol. The van der Waals surface area contributed by atoms with Crippen LogP contribution in [0.3, 0.4) is 0 Å². The molecule has 0 atom stereocenters. The van der Waals surface area contributed by atoms with Gasteiger partial charge in [-0.3, -0.25) is 0 Å². The normalized spacial score (nSPS) is 9.82. The SMILES string of the molecule is COc1ccc(I)c(I)c1Br. The molecule has 0 heterocycles. The molecule has 0 aliphatic heterocycles. The lowest BCUT2D eigenvalue weighted by molar-refractivity contribution is 0.411. The van der Waals surface area contributed by atoms with Crippen molar-refractivity contribution >= 4 is 61.1 Å². The van der Waals surface area contributed by atoms with E-state index in [-0.39, 0.29) is 0 Å². The minimum Gasteiger partial charge on any atom is -0.496 e. The summed E-state index contributed by atoms with van der Waals surface area (Å²) in [5.74, 6) is 0.884. The quantitative estimate of drug-likeness (QED) is 0.480. The Bertz CT molecular complexity index is 275. The number of ether oxygens (including phenoxy) is 1. The van der Waals surface area contributed by atoms with Crippen molar-refractivity contribution in [2.75, 3.05) is 7.11 Å². The molecule has 1 aromatic carbocycles. The van der Waals surface area contributed by atoms with Crippen LogP contribution in [0.5, 0.6) is 5.75 Å². The molecular weight excluding hydrogens is 434 g/mol. The van der Waals surface area contributed by atoms with E-state index < -0.39 is 0 Å². The second-order valence-corrected chi connectivity index (χ2v) is 4.91. The van der Waals surface area contributed by atoms with E-state index in [1.165, 1.54) is 7.14 Å². The molecule has 0 amide bonds. The van der Waals surface area contributed by atoms with Crippen molar-refractivity contribution in [3.63, 3.8) is 0 Å². The van der Waals surface area contributed by atoms with Crippen LogP contribution in [0.2, 0.25) is 0 Å². The highest BCUT2D eigenvalue weighted by Crippen LogP contribution is 2.32. The summed E-state index contributed by atoms with van der Waals surface area (Å²) in [5.41, 5.74) is 0. The van der Waals surface area contributed by atoms with Gasteiger partial charge < -0.3 is 4.74 Å². The van der Waals surface area contributed by atoms with Crippen LogP contribution in [-0.4, -0.2) is 7.11 Å². The van der Waals surface area contributed by atoms with Crippen LogP contribution in [0.25, 0.3) is 0 Å². The predicted octanol–water partition coefficient (Wildman–Crippen LogP) is 3.67. The lowest BCUT2D eigenvalue weighted by Gasteiger charge is -2.05. The average molecular weight is 439 g/mol. The highest BCUT2D eigenvalue weighted by atomic mass is 127. The molecule has 0 saturated carbocycles. The number of benzene rings is 1. The first kappa shape index (κ1) is 10.0. The minimum atomic E-state index is 0.884. The number of methoxy groups -OCH3 is 1. The summed E-state index contributed by atoms with van der Waals surface area (Å²) >= 11 is 8.03. The number of rotatable bonds is 1. The van der Waals surface area contributed by atoms with Crippen molar-refractivity contribution in [3.05, 3.63) is 23.7 Å². The van der Waals surface area contributed by atoms with E-state index in [9.17, 15) is 0 Å². The molecule has 1 rings (SSSR count). The van der Waals surface area contributed by atoms with Crippen molar-refractivity contribution in [1.29, 1.82) is 0 Å². The van der Waals surface area contributed by atoms with E-state index in [4.69, 9.17) is 4.74 Å². The van der Waals surface area contributed by atoms with Crippen LogP contribution in [0.1, 0.15) is 0 Å². The van der Waals surface area contributed by atoms with Crippen LogP contribution < -0.4 is 4.74 Å². The first-order valence-electron chi connectivity index (χ1n) is 2.84. The Morgan fingerprint density at radius 2 is 2.00 bits per heavy atom. The van der Waals surface area contributed by atoms with Gasteiger partial charge in [0.1, 0.15) is 5.75 Å². The Balaban J connectivity index is 3.25. The van der Waals surface area contributed by atoms with E-state index in [1.807, 2.05) is 12.1 Å². The fourth-order valence-electron chi connectivity index (χ4n) is 0.666. The predicted molar refractivity (Wildman–Crippen MR) is 66.1 cm³/mol. The van der Waals surface area contributed by atoms with Gasteiger partial charge in [0.05, 0.1) is 11.6 Å². The van der Waals surface area contributed by atoms with Gasteiger partial charge in [-0.15, -0.1) is 0 Å². The van der Waals surface area contributed by atoms with Crippen molar-refractivity contribution < 1.29 is 4.74 Å². The van der Waals surface area contributed by atoms with Crippen molar-refractivity contribution in [1.82, 2.24) is 0 Å². The largest absolute Gasteiger partial charge is 0.496 e. The third kappa shape index (κ3) is 2.21. The van der Waals surface area contributed by atoms with Crippen LogP contribution in [-0.2, 0) is 0 Å². The summed E-state index contributed by atoms with van der Waals surface area (Å²) in [6.07, 6.45) is 0.